The highest BCUT2D eigenvalue weighted by molar-refractivity contribution is 6.88. The van der Waals surface area contributed by atoms with Crippen LogP contribution < -0.4 is 5.46 Å². The van der Waals surface area contributed by atoms with Crippen molar-refractivity contribution < 1.29 is 9.53 Å². The number of aliphatic imine (C=N–C) groups is 1. The van der Waals surface area contributed by atoms with Crippen molar-refractivity contribution in [3.8, 4) is 0 Å². The van der Waals surface area contributed by atoms with Gasteiger partial charge in [-0.25, -0.2) is 14.8 Å². The van der Waals surface area contributed by atoms with Crippen LogP contribution in [0, 0.1) is 5.41 Å². The Morgan fingerprint density at radius 1 is 1.41 bits per heavy atom. The number of hydrogen-bond acceptors (Lipinski definition) is 4. The van der Waals surface area contributed by atoms with E-state index in [-0.39, 0.29) is 11.4 Å². The van der Waals surface area contributed by atoms with Gasteiger partial charge in [0.15, 0.2) is 0 Å². The lowest BCUT2D eigenvalue weighted by atomic mass is 9.60. The van der Waals surface area contributed by atoms with Crippen molar-refractivity contribution >= 4 is 30.1 Å². The van der Waals surface area contributed by atoms with E-state index < -0.39 is 0 Å². The Balaban J connectivity index is 2.31. The molecule has 88 valence electrons. The molecule has 0 bridgehead atoms. The van der Waals surface area contributed by atoms with Crippen LogP contribution >= 0.6 is 0 Å². The SMILES string of the molecule is COC(=O)c1cnc2c(c1)BC(C(C)(C)C)=N2. The molecule has 0 radical (unpaired) electrons. The number of rotatable bonds is 1. The van der Waals surface area contributed by atoms with Gasteiger partial charge in [0.1, 0.15) is 5.82 Å². The van der Waals surface area contributed by atoms with Crippen molar-refractivity contribution in [1.82, 2.24) is 4.98 Å². The molecular formula is C12H15BN2O2. The molecule has 1 aliphatic rings. The lowest BCUT2D eigenvalue weighted by Gasteiger charge is -2.17. The van der Waals surface area contributed by atoms with Gasteiger partial charge >= 0.3 is 5.97 Å². The average Bonchev–Trinajstić information content (AvgIpc) is 2.70. The average molecular weight is 230 g/mol. The number of aromatic nitrogens is 1. The van der Waals surface area contributed by atoms with Gasteiger partial charge in [0.05, 0.1) is 12.7 Å². The summed E-state index contributed by atoms with van der Waals surface area (Å²) in [6, 6.07) is 1.82. The molecule has 0 fully saturated rings. The monoisotopic (exact) mass is 230 g/mol. The van der Waals surface area contributed by atoms with Crippen molar-refractivity contribution in [2.24, 2.45) is 10.4 Å². The van der Waals surface area contributed by atoms with Gasteiger partial charge in [-0.1, -0.05) is 20.8 Å². The molecule has 0 amide bonds. The second-order valence-electron chi connectivity index (χ2n) is 5.18. The molecule has 2 heterocycles. The minimum atomic E-state index is -0.357. The van der Waals surface area contributed by atoms with E-state index in [2.05, 4.69) is 35.5 Å². The molecule has 0 aromatic carbocycles. The van der Waals surface area contributed by atoms with Crippen molar-refractivity contribution in [1.29, 1.82) is 0 Å². The molecule has 4 nitrogen and oxygen atoms in total. The predicted octanol–water partition coefficient (Wildman–Crippen LogP) is 1.02. The number of carbonyl (C=O) groups excluding carboxylic acids is 1. The molecule has 5 heteroatoms. The number of fused-ring (bicyclic) bond motifs is 1. The quantitative estimate of drug-likeness (QED) is 0.534. The number of hydrogen-bond donors (Lipinski definition) is 0. The standard InChI is InChI=1S/C12H15BN2O2/c1-12(2,3)11-13-8-5-7(10(16)17-4)6-14-9(8)15-11/h5-6,13H,1-4H3. The fourth-order valence-corrected chi connectivity index (χ4v) is 1.74. The summed E-state index contributed by atoms with van der Waals surface area (Å²) < 4.78 is 4.67. The number of ether oxygens (including phenoxy) is 1. The van der Waals surface area contributed by atoms with Crippen LogP contribution in [0.25, 0.3) is 0 Å². The summed E-state index contributed by atoms with van der Waals surface area (Å²) in [5, 5.41) is 0. The van der Waals surface area contributed by atoms with Gasteiger partial charge in [-0.2, -0.15) is 0 Å². The third kappa shape index (κ3) is 2.23. The van der Waals surface area contributed by atoms with E-state index in [1.54, 1.807) is 0 Å². The Bertz CT molecular complexity index is 504. The third-order valence-electron chi connectivity index (χ3n) is 2.83. The van der Waals surface area contributed by atoms with Crippen LogP contribution in [0.4, 0.5) is 5.82 Å². The zero-order valence-electron chi connectivity index (χ0n) is 10.6. The molecular weight excluding hydrogens is 215 g/mol. The smallest absolute Gasteiger partial charge is 0.339 e. The molecule has 0 saturated carbocycles. The number of carbonyl (C=O) groups is 1. The minimum Gasteiger partial charge on any atom is -0.465 e. The first-order valence-electron chi connectivity index (χ1n) is 5.57. The van der Waals surface area contributed by atoms with E-state index in [1.807, 2.05) is 6.07 Å². The minimum absolute atomic E-state index is 0.0339. The fraction of sp³-hybridized carbons (Fsp3) is 0.417. The Morgan fingerprint density at radius 3 is 2.71 bits per heavy atom. The third-order valence-corrected chi connectivity index (χ3v) is 2.83. The number of nitrogens with zero attached hydrogens (tertiary/aromatic N) is 2. The van der Waals surface area contributed by atoms with Crippen LogP contribution in [0.15, 0.2) is 17.3 Å². The number of methoxy groups -OCH3 is 1. The van der Waals surface area contributed by atoms with E-state index in [0.29, 0.717) is 5.56 Å². The van der Waals surface area contributed by atoms with Crippen molar-refractivity contribution in [3.05, 3.63) is 17.8 Å². The van der Waals surface area contributed by atoms with Gasteiger partial charge in [-0.15, -0.1) is 0 Å². The van der Waals surface area contributed by atoms with E-state index in [9.17, 15) is 4.79 Å². The Hall–Kier alpha value is -1.65. The van der Waals surface area contributed by atoms with Gasteiger partial charge in [0.25, 0.3) is 0 Å². The van der Waals surface area contributed by atoms with Gasteiger partial charge in [0.2, 0.25) is 7.28 Å². The van der Waals surface area contributed by atoms with E-state index in [0.717, 1.165) is 24.2 Å². The summed E-state index contributed by atoms with van der Waals surface area (Å²) in [5.74, 6) is 0.368. The molecule has 0 spiro atoms. The Labute approximate surface area is 101 Å². The Morgan fingerprint density at radius 2 is 2.12 bits per heavy atom. The van der Waals surface area contributed by atoms with Crippen molar-refractivity contribution in [2.75, 3.05) is 7.11 Å². The molecule has 2 rings (SSSR count). The van der Waals surface area contributed by atoms with Gasteiger partial charge in [0, 0.05) is 6.20 Å². The summed E-state index contributed by atoms with van der Waals surface area (Å²) in [4.78, 5) is 20.1. The second kappa shape index (κ2) is 3.98. The largest absolute Gasteiger partial charge is 0.465 e. The molecule has 0 aliphatic carbocycles. The maximum absolute atomic E-state index is 11.4. The lowest BCUT2D eigenvalue weighted by molar-refractivity contribution is 0.0600. The first-order chi connectivity index (χ1) is 7.91. The summed E-state index contributed by atoms with van der Waals surface area (Å²) in [7, 11) is 2.13. The molecule has 0 saturated heterocycles. The maximum atomic E-state index is 11.4. The summed E-state index contributed by atoms with van der Waals surface area (Å²) in [5.41, 5.74) is 2.61. The fourth-order valence-electron chi connectivity index (χ4n) is 1.74. The molecule has 0 N–H and O–H groups in total. The van der Waals surface area contributed by atoms with E-state index >= 15 is 0 Å². The topological polar surface area (TPSA) is 51.5 Å². The van der Waals surface area contributed by atoms with Gasteiger partial charge in [-0.05, 0) is 22.6 Å². The zero-order valence-corrected chi connectivity index (χ0v) is 10.6. The molecule has 1 aliphatic heterocycles. The van der Waals surface area contributed by atoms with Crippen LogP contribution in [0.5, 0.6) is 0 Å². The van der Waals surface area contributed by atoms with Crippen molar-refractivity contribution in [3.63, 3.8) is 0 Å². The molecule has 0 unspecified atom stereocenters. The number of esters is 1. The van der Waals surface area contributed by atoms with Gasteiger partial charge in [-0.3, -0.25) is 0 Å². The second-order valence-corrected chi connectivity index (χ2v) is 5.18. The van der Waals surface area contributed by atoms with Crippen LogP contribution in [0.3, 0.4) is 0 Å². The molecule has 0 atom stereocenters. The summed E-state index contributed by atoms with van der Waals surface area (Å²) in [6.45, 7) is 6.37. The molecule has 1 aromatic rings. The van der Waals surface area contributed by atoms with Crippen LogP contribution in [0.2, 0.25) is 0 Å². The highest BCUT2D eigenvalue weighted by Gasteiger charge is 2.27. The first kappa shape index (κ1) is 11.8. The Kier molecular flexibility index (Phi) is 2.77. The molecule has 17 heavy (non-hydrogen) atoms. The normalized spacial score (nSPS) is 13.8. The van der Waals surface area contributed by atoms with Crippen LogP contribution in [0.1, 0.15) is 31.1 Å². The van der Waals surface area contributed by atoms with Crippen LogP contribution in [-0.2, 0) is 4.74 Å². The summed E-state index contributed by atoms with van der Waals surface area (Å²) >= 11 is 0. The lowest BCUT2D eigenvalue weighted by Crippen LogP contribution is -2.29. The van der Waals surface area contributed by atoms with E-state index in [4.69, 9.17) is 0 Å². The highest BCUT2D eigenvalue weighted by Crippen LogP contribution is 2.23. The van der Waals surface area contributed by atoms with Gasteiger partial charge < -0.3 is 4.74 Å². The van der Waals surface area contributed by atoms with Crippen molar-refractivity contribution in [2.45, 2.75) is 20.8 Å². The predicted molar refractivity (Wildman–Crippen MR) is 68.9 cm³/mol. The zero-order chi connectivity index (χ0) is 12.6. The van der Waals surface area contributed by atoms with E-state index in [1.165, 1.54) is 13.3 Å². The van der Waals surface area contributed by atoms with Crippen LogP contribution in [-0.4, -0.2) is 31.0 Å². The first-order valence-corrected chi connectivity index (χ1v) is 5.57. The maximum Gasteiger partial charge on any atom is 0.339 e. The number of pyridine rings is 1. The molecule has 1 aromatic heterocycles. The highest BCUT2D eigenvalue weighted by atomic mass is 16.5. The summed E-state index contributed by atoms with van der Waals surface area (Å²) in [6.07, 6.45) is 1.51.